The van der Waals surface area contributed by atoms with Crippen LogP contribution in [0, 0.1) is 0 Å². The van der Waals surface area contributed by atoms with Gasteiger partial charge in [-0.25, -0.2) is 4.98 Å². The molecule has 1 heterocycles. The van der Waals surface area contributed by atoms with Crippen LogP contribution in [0.2, 0.25) is 5.02 Å². The smallest absolute Gasteiger partial charge is 0.354 e. The average Bonchev–Trinajstić information content (AvgIpc) is 2.71. The second-order valence-electron chi connectivity index (χ2n) is 6.65. The lowest BCUT2D eigenvalue weighted by Gasteiger charge is -2.25. The number of halogens is 10. The molecule has 0 bridgehead atoms. The number of aromatic nitrogens is 2. The maximum atomic E-state index is 13.6. The molecule has 0 aliphatic rings. The van der Waals surface area contributed by atoms with Gasteiger partial charge in [0.2, 0.25) is 5.95 Å². The van der Waals surface area contributed by atoms with E-state index in [1.54, 1.807) is 6.92 Å². The normalized spacial score (nSPS) is 13.6. The van der Waals surface area contributed by atoms with Crippen molar-refractivity contribution in [3.8, 4) is 0 Å². The number of nitrogens with one attached hydrogen (secondary N) is 1. The van der Waals surface area contributed by atoms with Gasteiger partial charge in [-0.2, -0.15) is 39.5 Å². The summed E-state index contributed by atoms with van der Waals surface area (Å²) < 4.78 is 125. The number of nitrogens with zero attached hydrogens (tertiary/aromatic N) is 2. The van der Waals surface area contributed by atoms with Gasteiger partial charge in [0.1, 0.15) is 5.02 Å². The predicted octanol–water partition coefficient (Wildman–Crippen LogP) is 6.59. The molecule has 0 saturated carbocycles. The van der Waals surface area contributed by atoms with Crippen molar-refractivity contribution in [3.05, 3.63) is 62.5 Å². The lowest BCUT2D eigenvalue weighted by atomic mass is 10.0. The van der Waals surface area contributed by atoms with Crippen LogP contribution < -0.4 is 10.9 Å². The summed E-state index contributed by atoms with van der Waals surface area (Å²) in [5.41, 5.74) is -7.53. The molecular formula is C19H15ClF9N3O2. The van der Waals surface area contributed by atoms with Crippen LogP contribution in [0.3, 0.4) is 0 Å². The Bertz CT molecular complexity index is 1110. The van der Waals surface area contributed by atoms with Gasteiger partial charge in [0.05, 0.1) is 11.1 Å². The van der Waals surface area contributed by atoms with E-state index in [4.69, 9.17) is 16.3 Å². The molecule has 15 heteroatoms. The first-order chi connectivity index (χ1) is 15.5. The van der Waals surface area contributed by atoms with Crippen LogP contribution >= 0.6 is 11.6 Å². The molecule has 0 aliphatic heterocycles. The summed E-state index contributed by atoms with van der Waals surface area (Å²) in [5.74, 6) is -0.953. The third kappa shape index (κ3) is 6.03. The van der Waals surface area contributed by atoms with Gasteiger partial charge in [0, 0.05) is 18.4 Å². The zero-order valence-electron chi connectivity index (χ0n) is 17.0. The van der Waals surface area contributed by atoms with Crippen molar-refractivity contribution in [1.82, 2.24) is 9.55 Å². The second-order valence-corrected chi connectivity index (χ2v) is 7.02. The summed E-state index contributed by atoms with van der Waals surface area (Å²) in [5, 5.41) is 0.795. The van der Waals surface area contributed by atoms with Gasteiger partial charge in [0.25, 0.3) is 5.56 Å². The Morgan fingerprint density at radius 3 is 2.21 bits per heavy atom. The number of alkyl halides is 9. The van der Waals surface area contributed by atoms with Gasteiger partial charge in [0.15, 0.2) is 11.9 Å². The van der Waals surface area contributed by atoms with Crippen molar-refractivity contribution >= 4 is 23.7 Å². The van der Waals surface area contributed by atoms with Crippen LogP contribution in [0.4, 0.5) is 45.5 Å². The number of rotatable bonds is 7. The maximum absolute atomic E-state index is 13.6. The predicted molar refractivity (Wildman–Crippen MR) is 104 cm³/mol. The van der Waals surface area contributed by atoms with E-state index in [-0.39, 0.29) is 19.1 Å². The summed E-state index contributed by atoms with van der Waals surface area (Å²) in [4.78, 5) is 15.4. The van der Waals surface area contributed by atoms with E-state index in [9.17, 15) is 44.3 Å². The molecule has 0 saturated heterocycles. The number of ether oxygens (including phenoxy) is 1. The standard InChI is InChI=1S/C19H15ClF9N3O2/c1-3-7-34-14(10-6-5-9(17(21,22)23)8-11(10)18(24,25)26)31-16-30-13(19(27,28)29)12(20)15(33)32(16)4-2/h4-6,8,14H,2-3,7H2,1H3,(H,30,31). The van der Waals surface area contributed by atoms with E-state index in [1.807, 2.05) is 0 Å². The Hall–Kier alpha value is -2.74. The summed E-state index contributed by atoms with van der Waals surface area (Å²) in [7, 11) is 0. The first-order valence-electron chi connectivity index (χ1n) is 9.20. The fourth-order valence-corrected chi connectivity index (χ4v) is 2.98. The lowest BCUT2D eigenvalue weighted by Crippen LogP contribution is -2.29. The van der Waals surface area contributed by atoms with E-state index in [0.29, 0.717) is 22.9 Å². The van der Waals surface area contributed by atoms with Gasteiger partial charge < -0.3 is 10.1 Å². The van der Waals surface area contributed by atoms with Crippen molar-refractivity contribution < 1.29 is 44.3 Å². The van der Waals surface area contributed by atoms with Gasteiger partial charge in [-0.3, -0.25) is 9.36 Å². The largest absolute Gasteiger partial charge is 0.435 e. The molecule has 0 aliphatic carbocycles. The maximum Gasteiger partial charge on any atom is 0.435 e. The van der Waals surface area contributed by atoms with Gasteiger partial charge in [-0.15, -0.1) is 0 Å². The molecule has 188 valence electrons. The molecule has 34 heavy (non-hydrogen) atoms. The minimum absolute atomic E-state index is 0.156. The summed E-state index contributed by atoms with van der Waals surface area (Å²) in [6.07, 6.45) is -16.7. The molecule has 2 aromatic rings. The highest BCUT2D eigenvalue weighted by molar-refractivity contribution is 6.31. The second kappa shape index (κ2) is 9.86. The average molecular weight is 524 g/mol. The summed E-state index contributed by atoms with van der Waals surface area (Å²) in [6.45, 7) is 4.52. The lowest BCUT2D eigenvalue weighted by molar-refractivity contribution is -0.144. The monoisotopic (exact) mass is 523 g/mol. The molecule has 1 atom stereocenters. The Labute approximate surface area is 190 Å². The summed E-state index contributed by atoms with van der Waals surface area (Å²) >= 11 is 5.44. The Kier molecular flexibility index (Phi) is 7.98. The molecule has 2 rings (SSSR count). The minimum Gasteiger partial charge on any atom is -0.354 e. The van der Waals surface area contributed by atoms with Crippen molar-refractivity contribution in [2.45, 2.75) is 38.1 Å². The molecule has 5 nitrogen and oxygen atoms in total. The highest BCUT2D eigenvalue weighted by Crippen LogP contribution is 2.40. The van der Waals surface area contributed by atoms with Gasteiger partial charge in [-0.1, -0.05) is 31.2 Å². The number of benzene rings is 1. The Morgan fingerprint density at radius 2 is 1.74 bits per heavy atom. The molecule has 1 aromatic carbocycles. The Balaban J connectivity index is 2.74. The number of hydrogen-bond acceptors (Lipinski definition) is 4. The zero-order valence-corrected chi connectivity index (χ0v) is 17.8. The van der Waals surface area contributed by atoms with E-state index in [1.165, 1.54) is 0 Å². The highest BCUT2D eigenvalue weighted by Gasteiger charge is 2.41. The topological polar surface area (TPSA) is 56.1 Å². The van der Waals surface area contributed by atoms with Crippen molar-refractivity contribution in [1.29, 1.82) is 0 Å². The molecule has 0 amide bonds. The fourth-order valence-electron chi connectivity index (χ4n) is 2.74. The van der Waals surface area contributed by atoms with Crippen LogP contribution in [0.1, 0.15) is 42.0 Å². The van der Waals surface area contributed by atoms with E-state index in [2.05, 4.69) is 16.9 Å². The molecule has 1 N–H and O–H groups in total. The molecule has 1 unspecified atom stereocenters. The molecule has 0 spiro atoms. The van der Waals surface area contributed by atoms with Gasteiger partial charge >= 0.3 is 18.5 Å². The first kappa shape index (κ1) is 27.5. The van der Waals surface area contributed by atoms with Gasteiger partial charge in [-0.05, 0) is 18.6 Å². The molecule has 0 fully saturated rings. The number of hydrogen-bond donors (Lipinski definition) is 1. The van der Waals surface area contributed by atoms with Crippen LogP contribution in [0.5, 0.6) is 0 Å². The summed E-state index contributed by atoms with van der Waals surface area (Å²) in [6, 6.07) is 0.665. The fraction of sp³-hybridized carbons (Fsp3) is 0.368. The van der Waals surface area contributed by atoms with Crippen LogP contribution in [-0.2, 0) is 23.3 Å². The van der Waals surface area contributed by atoms with Crippen molar-refractivity contribution in [2.75, 3.05) is 11.9 Å². The number of anilines is 1. The third-order valence-corrected chi connectivity index (χ3v) is 4.57. The van der Waals surface area contributed by atoms with E-state index < -0.39 is 63.7 Å². The van der Waals surface area contributed by atoms with Crippen LogP contribution in [0.25, 0.3) is 6.20 Å². The van der Waals surface area contributed by atoms with E-state index in [0.717, 1.165) is 0 Å². The molecule has 1 aromatic heterocycles. The SMILES string of the molecule is C=Cn1c(NC(OCCC)c2ccc(C(F)(F)F)cc2C(F)(F)F)nc(C(F)(F)F)c(Cl)c1=O. The first-order valence-corrected chi connectivity index (χ1v) is 9.58. The third-order valence-electron chi connectivity index (χ3n) is 4.23. The minimum atomic E-state index is -5.30. The zero-order chi connectivity index (χ0) is 26.1. The Morgan fingerprint density at radius 1 is 1.12 bits per heavy atom. The van der Waals surface area contributed by atoms with Crippen molar-refractivity contribution in [2.24, 2.45) is 0 Å². The van der Waals surface area contributed by atoms with Crippen LogP contribution in [0.15, 0.2) is 29.6 Å². The van der Waals surface area contributed by atoms with E-state index >= 15 is 0 Å². The van der Waals surface area contributed by atoms with Crippen molar-refractivity contribution in [3.63, 3.8) is 0 Å². The highest BCUT2D eigenvalue weighted by atomic mass is 35.5. The quantitative estimate of drug-likeness (QED) is 0.329. The molecular weight excluding hydrogens is 509 g/mol. The molecule has 0 radical (unpaired) electrons. The van der Waals surface area contributed by atoms with Crippen LogP contribution in [-0.4, -0.2) is 16.2 Å².